The molecule has 10 heteroatoms. The van der Waals surface area contributed by atoms with Crippen LogP contribution in [0.5, 0.6) is 11.5 Å². The Balaban J connectivity index is 1.30. The van der Waals surface area contributed by atoms with Crippen molar-refractivity contribution in [2.45, 2.75) is 32.0 Å². The number of thiophene rings is 1. The Morgan fingerprint density at radius 2 is 1.84 bits per heavy atom. The van der Waals surface area contributed by atoms with Gasteiger partial charge < -0.3 is 15.1 Å². The van der Waals surface area contributed by atoms with Crippen LogP contribution in [-0.2, 0) is 13.0 Å². The number of anilines is 1. The topological polar surface area (TPSA) is 72.7 Å². The fourth-order valence-electron chi connectivity index (χ4n) is 4.97. The van der Waals surface area contributed by atoms with E-state index in [0.717, 1.165) is 61.7 Å². The molecule has 32 heavy (non-hydrogen) atoms. The first-order chi connectivity index (χ1) is 15.2. The summed E-state index contributed by atoms with van der Waals surface area (Å²) in [7, 11) is 0. The first kappa shape index (κ1) is 21.3. The fraction of sp³-hybridized carbons (Fsp3) is 0.455. The van der Waals surface area contributed by atoms with Crippen LogP contribution in [0, 0.1) is 5.41 Å². The third-order valence-corrected chi connectivity index (χ3v) is 7.48. The molecule has 2 aromatic heterocycles. The second-order valence-electron chi connectivity index (χ2n) is 8.88. The van der Waals surface area contributed by atoms with Crippen molar-refractivity contribution in [1.82, 2.24) is 14.9 Å². The largest absolute Gasteiger partial charge is 0.504 e. The molecule has 2 fully saturated rings. The number of phenols is 2. The summed E-state index contributed by atoms with van der Waals surface area (Å²) in [6.45, 7) is 4.15. The number of phenolic OH excluding ortho intramolecular Hbond substituents is 2. The molecule has 0 aliphatic carbocycles. The van der Waals surface area contributed by atoms with E-state index in [0.29, 0.717) is 16.8 Å². The zero-order valence-electron chi connectivity index (χ0n) is 17.3. The summed E-state index contributed by atoms with van der Waals surface area (Å²) in [6, 6.07) is 6.50. The standard InChI is InChI=1S/C22H23F3N4O2S/c23-22(24,25)9-15-8-16-19(26-13-27-20(16)32-15)29-6-4-21(12-29)3-5-28(11-21)10-14-1-2-17(30)18(31)7-14/h1-2,7-8,13,30-31H,3-6,9-12H2. The number of rotatable bonds is 4. The third-order valence-electron chi connectivity index (χ3n) is 6.44. The van der Waals surface area contributed by atoms with E-state index in [1.807, 2.05) is 6.07 Å². The minimum Gasteiger partial charge on any atom is -0.504 e. The number of aromatic nitrogens is 2. The van der Waals surface area contributed by atoms with E-state index < -0.39 is 12.6 Å². The van der Waals surface area contributed by atoms with E-state index in [9.17, 15) is 23.4 Å². The van der Waals surface area contributed by atoms with Crippen molar-refractivity contribution in [2.75, 3.05) is 31.1 Å². The number of benzene rings is 1. The Kier molecular flexibility index (Phi) is 5.16. The summed E-state index contributed by atoms with van der Waals surface area (Å²) >= 11 is 1.08. The van der Waals surface area contributed by atoms with E-state index in [-0.39, 0.29) is 21.8 Å². The molecule has 0 bridgehead atoms. The monoisotopic (exact) mass is 464 g/mol. The van der Waals surface area contributed by atoms with Gasteiger partial charge in [0.25, 0.3) is 0 Å². The van der Waals surface area contributed by atoms with Gasteiger partial charge in [0.15, 0.2) is 11.5 Å². The minimum atomic E-state index is -4.24. The van der Waals surface area contributed by atoms with Crippen LogP contribution in [0.25, 0.3) is 10.2 Å². The van der Waals surface area contributed by atoms with Gasteiger partial charge >= 0.3 is 6.18 Å². The lowest BCUT2D eigenvalue weighted by Crippen LogP contribution is -2.31. The number of hydrogen-bond acceptors (Lipinski definition) is 7. The second kappa shape index (κ2) is 7.77. The van der Waals surface area contributed by atoms with Crippen LogP contribution in [0.2, 0.25) is 0 Å². The summed E-state index contributed by atoms with van der Waals surface area (Å²) in [5.41, 5.74) is 1.06. The van der Waals surface area contributed by atoms with Gasteiger partial charge in [-0.3, -0.25) is 4.90 Å². The average molecular weight is 465 g/mol. The van der Waals surface area contributed by atoms with Crippen molar-refractivity contribution in [1.29, 1.82) is 0 Å². The maximum absolute atomic E-state index is 12.8. The summed E-state index contributed by atoms with van der Waals surface area (Å²) < 4.78 is 38.5. The summed E-state index contributed by atoms with van der Waals surface area (Å²) in [6.07, 6.45) is -1.72. The molecule has 2 saturated heterocycles. The smallest absolute Gasteiger partial charge is 0.393 e. The summed E-state index contributed by atoms with van der Waals surface area (Å²) in [5.74, 6) is 0.483. The van der Waals surface area contributed by atoms with Crippen molar-refractivity contribution in [3.8, 4) is 11.5 Å². The van der Waals surface area contributed by atoms with Crippen molar-refractivity contribution in [3.63, 3.8) is 0 Å². The Morgan fingerprint density at radius 1 is 1.03 bits per heavy atom. The Hall–Kier alpha value is -2.59. The molecule has 1 atom stereocenters. The molecule has 5 rings (SSSR count). The van der Waals surface area contributed by atoms with Gasteiger partial charge in [-0.1, -0.05) is 6.07 Å². The van der Waals surface area contributed by atoms with E-state index in [1.165, 1.54) is 12.4 Å². The quantitative estimate of drug-likeness (QED) is 0.561. The molecular weight excluding hydrogens is 441 g/mol. The highest BCUT2D eigenvalue weighted by Crippen LogP contribution is 2.43. The Bertz CT molecular complexity index is 1150. The van der Waals surface area contributed by atoms with E-state index in [2.05, 4.69) is 19.8 Å². The molecule has 0 saturated carbocycles. The van der Waals surface area contributed by atoms with Gasteiger partial charge in [-0.15, -0.1) is 11.3 Å². The molecule has 2 aliphatic rings. The van der Waals surface area contributed by atoms with Crippen LogP contribution in [0.15, 0.2) is 30.6 Å². The van der Waals surface area contributed by atoms with Gasteiger partial charge in [0.05, 0.1) is 11.8 Å². The average Bonchev–Trinajstić information content (AvgIpc) is 3.42. The molecule has 1 aromatic carbocycles. The minimum absolute atomic E-state index is 0.112. The van der Waals surface area contributed by atoms with Crippen LogP contribution in [0.1, 0.15) is 23.3 Å². The number of aromatic hydroxyl groups is 2. The number of hydrogen-bond donors (Lipinski definition) is 2. The molecule has 1 spiro atoms. The van der Waals surface area contributed by atoms with Crippen molar-refractivity contribution in [2.24, 2.45) is 5.41 Å². The van der Waals surface area contributed by atoms with Gasteiger partial charge in [-0.25, -0.2) is 9.97 Å². The highest BCUT2D eigenvalue weighted by Gasteiger charge is 2.44. The van der Waals surface area contributed by atoms with Crippen LogP contribution in [0.3, 0.4) is 0 Å². The normalized spacial score (nSPS) is 21.9. The molecule has 1 unspecified atom stereocenters. The predicted molar refractivity (Wildman–Crippen MR) is 116 cm³/mol. The van der Waals surface area contributed by atoms with Gasteiger partial charge in [0, 0.05) is 36.5 Å². The zero-order valence-corrected chi connectivity index (χ0v) is 18.1. The molecule has 0 radical (unpaired) electrons. The SMILES string of the molecule is Oc1ccc(CN2CCC3(CCN(c4ncnc5sc(CC(F)(F)F)cc45)C3)C2)cc1O. The van der Waals surface area contributed by atoms with Crippen LogP contribution in [0.4, 0.5) is 19.0 Å². The zero-order chi connectivity index (χ0) is 22.5. The van der Waals surface area contributed by atoms with Crippen molar-refractivity contribution < 1.29 is 23.4 Å². The van der Waals surface area contributed by atoms with Crippen LogP contribution in [-0.4, -0.2) is 57.4 Å². The van der Waals surface area contributed by atoms with Gasteiger partial charge in [0.2, 0.25) is 0 Å². The predicted octanol–water partition coefficient (Wildman–Crippen LogP) is 4.31. The van der Waals surface area contributed by atoms with Gasteiger partial charge in [-0.2, -0.15) is 13.2 Å². The van der Waals surface area contributed by atoms with E-state index in [4.69, 9.17) is 0 Å². The lowest BCUT2D eigenvalue weighted by atomic mass is 9.86. The molecule has 4 heterocycles. The third kappa shape index (κ3) is 4.21. The molecule has 2 N–H and O–H groups in total. The van der Waals surface area contributed by atoms with Crippen molar-refractivity contribution >= 4 is 27.4 Å². The lowest BCUT2D eigenvalue weighted by Gasteiger charge is -2.25. The van der Waals surface area contributed by atoms with Gasteiger partial charge in [-0.05, 0) is 43.1 Å². The van der Waals surface area contributed by atoms with Crippen molar-refractivity contribution in [3.05, 3.63) is 41.0 Å². The number of alkyl halides is 3. The second-order valence-corrected chi connectivity index (χ2v) is 9.99. The highest BCUT2D eigenvalue weighted by atomic mass is 32.1. The fourth-order valence-corrected chi connectivity index (χ4v) is 5.99. The Morgan fingerprint density at radius 3 is 2.62 bits per heavy atom. The maximum atomic E-state index is 12.8. The molecule has 170 valence electrons. The first-order valence-corrected chi connectivity index (χ1v) is 11.3. The van der Waals surface area contributed by atoms with E-state index in [1.54, 1.807) is 12.1 Å². The van der Waals surface area contributed by atoms with Crippen LogP contribution < -0.4 is 4.90 Å². The molecule has 3 aromatic rings. The summed E-state index contributed by atoms with van der Waals surface area (Å²) in [5, 5.41) is 19.9. The van der Waals surface area contributed by atoms with E-state index >= 15 is 0 Å². The molecule has 0 amide bonds. The number of nitrogens with zero attached hydrogens (tertiary/aromatic N) is 4. The number of halogens is 3. The first-order valence-electron chi connectivity index (χ1n) is 10.5. The Labute approximate surface area is 186 Å². The van der Waals surface area contributed by atoms with Crippen LogP contribution >= 0.6 is 11.3 Å². The van der Waals surface area contributed by atoms with Gasteiger partial charge in [0.1, 0.15) is 17.0 Å². The number of fused-ring (bicyclic) bond motifs is 1. The number of likely N-dealkylation sites (tertiary alicyclic amines) is 1. The molecule has 6 nitrogen and oxygen atoms in total. The maximum Gasteiger partial charge on any atom is 0.393 e. The molecule has 2 aliphatic heterocycles. The molecular formula is C22H23F3N4O2S. The summed E-state index contributed by atoms with van der Waals surface area (Å²) in [4.78, 5) is 14.0. The highest BCUT2D eigenvalue weighted by molar-refractivity contribution is 7.18. The lowest BCUT2D eigenvalue weighted by molar-refractivity contribution is -0.126.